The maximum Gasteiger partial charge on any atom is 0.134 e. The molecule has 0 heterocycles. The number of aryl methyl sites for hydroxylation is 1. The highest BCUT2D eigenvalue weighted by Crippen LogP contribution is 2.39. The highest BCUT2D eigenvalue weighted by molar-refractivity contribution is 5.85. The number of rotatable bonds is 3. The van der Waals surface area contributed by atoms with Gasteiger partial charge in [-0.2, -0.15) is 0 Å². The molecule has 148 valence electrons. The average Bonchev–Trinajstić information content (AvgIpc) is 2.78. The Morgan fingerprint density at radius 1 is 0.828 bits per heavy atom. The van der Waals surface area contributed by atoms with Crippen LogP contribution in [0.15, 0.2) is 54.6 Å². The fourth-order valence-corrected chi connectivity index (χ4v) is 4.55. The van der Waals surface area contributed by atoms with Crippen molar-refractivity contribution in [2.45, 2.75) is 58.3 Å². The SMILES string of the molecule is CCc1ccc(C#Cc2ccc3c(F)c(C4CCC(CC)CC4)ccc3c2)cc1. The van der Waals surface area contributed by atoms with Gasteiger partial charge in [-0.25, -0.2) is 4.39 Å². The summed E-state index contributed by atoms with van der Waals surface area (Å²) in [5.74, 6) is 7.61. The summed E-state index contributed by atoms with van der Waals surface area (Å²) < 4.78 is 15.3. The van der Waals surface area contributed by atoms with E-state index in [1.54, 1.807) is 0 Å². The summed E-state index contributed by atoms with van der Waals surface area (Å²) in [6.45, 7) is 4.42. The van der Waals surface area contributed by atoms with Crippen LogP contribution in [0.2, 0.25) is 0 Å². The number of hydrogen-bond acceptors (Lipinski definition) is 0. The summed E-state index contributed by atoms with van der Waals surface area (Å²) in [7, 11) is 0. The predicted octanol–water partition coefficient (Wildman–Crippen LogP) is 7.62. The molecule has 29 heavy (non-hydrogen) atoms. The van der Waals surface area contributed by atoms with Gasteiger partial charge in [0.15, 0.2) is 0 Å². The number of fused-ring (bicyclic) bond motifs is 1. The second-order valence-corrected chi connectivity index (χ2v) is 8.33. The van der Waals surface area contributed by atoms with Crippen molar-refractivity contribution < 1.29 is 4.39 Å². The molecule has 3 aromatic carbocycles. The van der Waals surface area contributed by atoms with Gasteiger partial charge >= 0.3 is 0 Å². The van der Waals surface area contributed by atoms with E-state index < -0.39 is 0 Å². The minimum absolute atomic E-state index is 0.0305. The van der Waals surface area contributed by atoms with Crippen LogP contribution in [-0.2, 0) is 6.42 Å². The number of benzene rings is 3. The molecule has 1 fully saturated rings. The Kier molecular flexibility index (Phi) is 6.00. The van der Waals surface area contributed by atoms with Crippen molar-refractivity contribution >= 4 is 10.8 Å². The third-order valence-corrected chi connectivity index (χ3v) is 6.56. The fraction of sp³-hybridized carbons (Fsp3) is 0.357. The van der Waals surface area contributed by atoms with Gasteiger partial charge in [0.1, 0.15) is 5.82 Å². The van der Waals surface area contributed by atoms with E-state index in [0.29, 0.717) is 5.92 Å². The quantitative estimate of drug-likeness (QED) is 0.407. The molecule has 0 N–H and O–H groups in total. The first kappa shape index (κ1) is 19.7. The molecule has 0 radical (unpaired) electrons. The van der Waals surface area contributed by atoms with Crippen LogP contribution in [0.1, 0.15) is 74.1 Å². The Labute approximate surface area is 174 Å². The minimum atomic E-state index is -0.0305. The zero-order chi connectivity index (χ0) is 20.2. The van der Waals surface area contributed by atoms with Crippen LogP contribution in [-0.4, -0.2) is 0 Å². The molecule has 4 rings (SSSR count). The topological polar surface area (TPSA) is 0 Å². The second kappa shape index (κ2) is 8.83. The summed E-state index contributed by atoms with van der Waals surface area (Å²) in [6.07, 6.45) is 6.97. The van der Waals surface area contributed by atoms with Crippen LogP contribution in [0.25, 0.3) is 10.8 Å². The molecule has 1 aliphatic rings. The summed E-state index contributed by atoms with van der Waals surface area (Å²) >= 11 is 0. The van der Waals surface area contributed by atoms with Crippen LogP contribution >= 0.6 is 0 Å². The van der Waals surface area contributed by atoms with E-state index in [4.69, 9.17) is 0 Å². The van der Waals surface area contributed by atoms with E-state index in [0.717, 1.165) is 52.6 Å². The zero-order valence-corrected chi connectivity index (χ0v) is 17.5. The number of hydrogen-bond donors (Lipinski definition) is 0. The second-order valence-electron chi connectivity index (χ2n) is 8.33. The van der Waals surface area contributed by atoms with Crippen molar-refractivity contribution in [3.63, 3.8) is 0 Å². The van der Waals surface area contributed by atoms with E-state index in [9.17, 15) is 0 Å². The Balaban J connectivity index is 1.57. The Morgan fingerprint density at radius 3 is 2.21 bits per heavy atom. The molecule has 0 bridgehead atoms. The third kappa shape index (κ3) is 4.38. The van der Waals surface area contributed by atoms with Gasteiger partial charge in [-0.1, -0.05) is 62.4 Å². The minimum Gasteiger partial charge on any atom is -0.206 e. The zero-order valence-electron chi connectivity index (χ0n) is 17.5. The van der Waals surface area contributed by atoms with E-state index in [-0.39, 0.29) is 5.82 Å². The molecule has 0 aliphatic heterocycles. The molecule has 0 unspecified atom stereocenters. The number of halogens is 1. The van der Waals surface area contributed by atoms with Crippen molar-refractivity contribution in [1.82, 2.24) is 0 Å². The van der Waals surface area contributed by atoms with Crippen molar-refractivity contribution in [3.05, 3.63) is 82.7 Å². The first-order chi connectivity index (χ1) is 14.2. The summed E-state index contributed by atoms with van der Waals surface area (Å²) in [5, 5.41) is 1.65. The van der Waals surface area contributed by atoms with Crippen molar-refractivity contribution in [3.8, 4) is 11.8 Å². The highest BCUT2D eigenvalue weighted by Gasteiger charge is 2.24. The lowest BCUT2D eigenvalue weighted by Gasteiger charge is -2.28. The molecule has 1 saturated carbocycles. The lowest BCUT2D eigenvalue weighted by atomic mass is 9.77. The molecule has 0 spiro atoms. The molecule has 0 nitrogen and oxygen atoms in total. The van der Waals surface area contributed by atoms with E-state index in [1.165, 1.54) is 24.8 Å². The maximum atomic E-state index is 15.3. The Bertz CT molecular complexity index is 1040. The molecule has 1 heteroatoms. The summed E-state index contributed by atoms with van der Waals surface area (Å²) in [5.41, 5.74) is 4.15. The normalized spacial score (nSPS) is 19.0. The van der Waals surface area contributed by atoms with E-state index in [2.05, 4.69) is 56.0 Å². The molecule has 0 saturated heterocycles. The van der Waals surface area contributed by atoms with Crippen LogP contribution in [0.5, 0.6) is 0 Å². The van der Waals surface area contributed by atoms with Gasteiger partial charge < -0.3 is 0 Å². The van der Waals surface area contributed by atoms with E-state index >= 15 is 4.39 Å². The van der Waals surface area contributed by atoms with Gasteiger partial charge in [-0.05, 0) is 84.7 Å². The smallest absolute Gasteiger partial charge is 0.134 e. The monoisotopic (exact) mass is 384 g/mol. The van der Waals surface area contributed by atoms with Crippen molar-refractivity contribution in [2.75, 3.05) is 0 Å². The third-order valence-electron chi connectivity index (χ3n) is 6.56. The molecule has 0 amide bonds. The molecule has 3 aromatic rings. The van der Waals surface area contributed by atoms with Crippen LogP contribution in [0, 0.1) is 23.6 Å². The van der Waals surface area contributed by atoms with Crippen LogP contribution in [0.4, 0.5) is 4.39 Å². The Hall–Kier alpha value is -2.59. The average molecular weight is 385 g/mol. The van der Waals surface area contributed by atoms with Gasteiger partial charge in [0.05, 0.1) is 0 Å². The molecule has 1 aliphatic carbocycles. The van der Waals surface area contributed by atoms with Crippen LogP contribution in [0.3, 0.4) is 0 Å². The highest BCUT2D eigenvalue weighted by atomic mass is 19.1. The Morgan fingerprint density at radius 2 is 1.52 bits per heavy atom. The summed E-state index contributed by atoms with van der Waals surface area (Å²) in [6, 6.07) is 18.3. The largest absolute Gasteiger partial charge is 0.206 e. The van der Waals surface area contributed by atoms with Gasteiger partial charge in [-0.3, -0.25) is 0 Å². The van der Waals surface area contributed by atoms with Gasteiger partial charge in [0.25, 0.3) is 0 Å². The van der Waals surface area contributed by atoms with Crippen molar-refractivity contribution in [1.29, 1.82) is 0 Å². The fourth-order valence-electron chi connectivity index (χ4n) is 4.55. The maximum absolute atomic E-state index is 15.3. The van der Waals surface area contributed by atoms with Gasteiger partial charge in [0.2, 0.25) is 0 Å². The van der Waals surface area contributed by atoms with Gasteiger partial charge in [-0.15, -0.1) is 0 Å². The van der Waals surface area contributed by atoms with Gasteiger partial charge in [0, 0.05) is 16.5 Å². The first-order valence-corrected chi connectivity index (χ1v) is 11.0. The van der Waals surface area contributed by atoms with E-state index in [1.807, 2.05) is 24.3 Å². The molecular weight excluding hydrogens is 355 g/mol. The lowest BCUT2D eigenvalue weighted by Crippen LogP contribution is -2.13. The molecular formula is C28H29F. The standard InChI is InChI=1S/C28H29F/c1-3-20-5-7-22(8-6-20)9-10-23-13-17-27-25(19-23)16-18-26(28(27)29)24-14-11-21(4-2)12-15-24/h5-8,13,16-19,21,24H,3-4,11-12,14-15H2,1-2H3. The molecule has 0 atom stereocenters. The first-order valence-electron chi connectivity index (χ1n) is 11.0. The van der Waals surface area contributed by atoms with Crippen molar-refractivity contribution in [2.24, 2.45) is 5.92 Å². The molecule has 0 aromatic heterocycles. The lowest BCUT2D eigenvalue weighted by molar-refractivity contribution is 0.315. The predicted molar refractivity (Wildman–Crippen MR) is 121 cm³/mol. The summed E-state index contributed by atoms with van der Waals surface area (Å²) in [4.78, 5) is 0. The van der Waals surface area contributed by atoms with Crippen LogP contribution < -0.4 is 0 Å².